The van der Waals surface area contributed by atoms with Gasteiger partial charge in [-0.3, -0.25) is 14.4 Å². The van der Waals surface area contributed by atoms with Crippen LogP contribution in [0.25, 0.3) is 0 Å². The molecular weight excluding hydrogens is 588 g/mol. The van der Waals surface area contributed by atoms with E-state index in [-0.39, 0.29) is 39.3 Å². The zero-order valence-corrected chi connectivity index (χ0v) is 23.7. The summed E-state index contributed by atoms with van der Waals surface area (Å²) in [5.74, 6) is -3.15. The molecule has 2 saturated heterocycles. The molecule has 2 aromatic rings. The summed E-state index contributed by atoms with van der Waals surface area (Å²) in [5.41, 5.74) is -0.698. The molecule has 5 rings (SSSR count). The molecule has 0 amide bonds. The van der Waals surface area contributed by atoms with Crippen molar-refractivity contribution in [1.29, 1.82) is 0 Å². The highest BCUT2D eigenvalue weighted by Crippen LogP contribution is 2.41. The highest BCUT2D eigenvalue weighted by molar-refractivity contribution is 6.29. The van der Waals surface area contributed by atoms with Gasteiger partial charge in [0.2, 0.25) is 6.29 Å². The fourth-order valence-corrected chi connectivity index (χ4v) is 5.36. The Kier molecular flexibility index (Phi) is 8.67. The fourth-order valence-electron chi connectivity index (χ4n) is 5.36. The molecule has 15 heteroatoms. The largest absolute Gasteiger partial charge is 0.508 e. The van der Waals surface area contributed by atoms with Crippen LogP contribution in [-0.2, 0) is 23.7 Å². The zero-order chi connectivity index (χ0) is 32.2. The highest BCUT2D eigenvalue weighted by Gasteiger charge is 2.51. The normalized spacial score (nSPS) is 33.4. The molecule has 10 atom stereocenters. The lowest BCUT2D eigenvalue weighted by atomic mass is 9.82. The van der Waals surface area contributed by atoms with Gasteiger partial charge in [0.05, 0.1) is 11.7 Å². The molecule has 7 N–H and O–H groups in total. The summed E-state index contributed by atoms with van der Waals surface area (Å²) in [5, 5.41) is 73.5. The van der Waals surface area contributed by atoms with Gasteiger partial charge in [0.25, 0.3) is 0 Å². The summed E-state index contributed by atoms with van der Waals surface area (Å²) in [7, 11) is 0. The number of aromatic hydroxyl groups is 2. The molecule has 1 aliphatic carbocycles. The second-order valence-corrected chi connectivity index (χ2v) is 10.9. The van der Waals surface area contributed by atoms with Crippen LogP contribution in [0.3, 0.4) is 0 Å². The van der Waals surface area contributed by atoms with Gasteiger partial charge >= 0.3 is 5.97 Å². The molecule has 2 aromatic carbocycles. The van der Waals surface area contributed by atoms with Crippen LogP contribution in [0.4, 0.5) is 0 Å². The van der Waals surface area contributed by atoms with E-state index in [0.717, 1.165) is 19.1 Å². The maximum absolute atomic E-state index is 13.4. The van der Waals surface area contributed by atoms with E-state index in [2.05, 4.69) is 0 Å². The summed E-state index contributed by atoms with van der Waals surface area (Å²) in [6, 6.07) is 4.77. The summed E-state index contributed by atoms with van der Waals surface area (Å²) >= 11 is 0. The average molecular weight is 621 g/mol. The van der Waals surface area contributed by atoms with Crippen molar-refractivity contribution in [2.75, 3.05) is 6.61 Å². The van der Waals surface area contributed by atoms with Gasteiger partial charge in [0.15, 0.2) is 24.0 Å². The van der Waals surface area contributed by atoms with Gasteiger partial charge in [0.1, 0.15) is 60.5 Å². The van der Waals surface area contributed by atoms with Crippen LogP contribution < -0.4 is 4.74 Å². The molecule has 3 aliphatic rings. The maximum atomic E-state index is 13.4. The molecule has 0 radical (unpaired) electrons. The monoisotopic (exact) mass is 620 g/mol. The van der Waals surface area contributed by atoms with Gasteiger partial charge < -0.3 is 59.4 Å². The number of esters is 1. The summed E-state index contributed by atoms with van der Waals surface area (Å²) < 4.78 is 27.9. The predicted octanol–water partition coefficient (Wildman–Crippen LogP) is -1.22. The van der Waals surface area contributed by atoms with Crippen molar-refractivity contribution >= 4 is 17.5 Å². The number of aliphatic hydroxyl groups is 5. The predicted molar refractivity (Wildman–Crippen MR) is 143 cm³/mol. The Bertz CT molecular complexity index is 1470. The van der Waals surface area contributed by atoms with E-state index in [9.17, 15) is 50.1 Å². The van der Waals surface area contributed by atoms with E-state index < -0.39 is 91.3 Å². The standard InChI is InChI=1S/C29H32O15/c1-9-16(7-15-18(19(9)32)22(35)13-5-4-12(31)6-14(13)21(15)34)42-29-27(25(38)23(36)17(43-29)8-40-11(3)30)44-28-26(39)24(37)20(33)10(2)41-28/h4-7,10,17,20,23-29,31-33,36-39H,8H2,1-3H3/t10-,17-,20-,23-,24+,25+,26+,27-,28-,29-/m0/s1. The molecule has 2 fully saturated rings. The van der Waals surface area contributed by atoms with Gasteiger partial charge in [-0.25, -0.2) is 0 Å². The quantitative estimate of drug-likeness (QED) is 0.160. The first kappa shape index (κ1) is 31.7. The van der Waals surface area contributed by atoms with E-state index >= 15 is 0 Å². The summed E-state index contributed by atoms with van der Waals surface area (Å²) in [6.45, 7) is 3.37. The van der Waals surface area contributed by atoms with Crippen LogP contribution in [0.1, 0.15) is 51.3 Å². The number of carbonyl (C=O) groups excluding carboxylic acids is 3. The first-order chi connectivity index (χ1) is 20.7. The van der Waals surface area contributed by atoms with Gasteiger partial charge in [-0.05, 0) is 38.1 Å². The molecule has 2 aliphatic heterocycles. The number of fused-ring (bicyclic) bond motifs is 2. The van der Waals surface area contributed by atoms with Crippen LogP contribution in [0, 0.1) is 6.92 Å². The second kappa shape index (κ2) is 12.0. The van der Waals surface area contributed by atoms with Crippen LogP contribution in [0.2, 0.25) is 0 Å². The SMILES string of the molecule is CC(=O)OC[C@@H]1O[C@H](Oc2cc3c(c(O)c2C)C(=O)c2ccc(O)cc2C3=O)[C@@H](O[C@@H]2O[C@@H](C)[C@H](O)[C@@H](O)[C@H]2O)[C@H](O)[C@H]1O. The van der Waals surface area contributed by atoms with Gasteiger partial charge in [0, 0.05) is 29.2 Å². The fraction of sp³-hybridized carbons (Fsp3) is 0.483. The Morgan fingerprint density at radius 3 is 2.23 bits per heavy atom. The Hall–Kier alpha value is -3.67. The molecule has 15 nitrogen and oxygen atoms in total. The average Bonchev–Trinajstić information content (AvgIpc) is 2.98. The van der Waals surface area contributed by atoms with Crippen molar-refractivity contribution in [2.24, 2.45) is 0 Å². The summed E-state index contributed by atoms with van der Waals surface area (Å²) in [4.78, 5) is 38.0. The molecule has 0 saturated carbocycles. The number of phenols is 2. The van der Waals surface area contributed by atoms with E-state index in [1.165, 1.54) is 26.0 Å². The van der Waals surface area contributed by atoms with E-state index in [0.29, 0.717) is 0 Å². The number of carbonyl (C=O) groups is 3. The second-order valence-electron chi connectivity index (χ2n) is 10.9. The van der Waals surface area contributed by atoms with Crippen LogP contribution in [0.15, 0.2) is 24.3 Å². The van der Waals surface area contributed by atoms with Crippen LogP contribution >= 0.6 is 0 Å². The molecule has 0 spiro atoms. The smallest absolute Gasteiger partial charge is 0.302 e. The number of ether oxygens (including phenoxy) is 5. The first-order valence-corrected chi connectivity index (χ1v) is 13.7. The minimum atomic E-state index is -1.84. The Morgan fingerprint density at radius 1 is 0.841 bits per heavy atom. The zero-order valence-electron chi connectivity index (χ0n) is 23.7. The molecule has 0 bridgehead atoms. The Labute approximate surface area is 249 Å². The highest BCUT2D eigenvalue weighted by atomic mass is 16.8. The first-order valence-electron chi connectivity index (χ1n) is 13.7. The number of rotatable bonds is 6. The number of hydrogen-bond donors (Lipinski definition) is 7. The number of ketones is 2. The molecule has 2 heterocycles. The lowest BCUT2D eigenvalue weighted by molar-refractivity contribution is -0.354. The van der Waals surface area contributed by atoms with Crippen molar-refractivity contribution in [2.45, 2.75) is 82.2 Å². The van der Waals surface area contributed by atoms with Crippen molar-refractivity contribution in [3.63, 3.8) is 0 Å². The Morgan fingerprint density at radius 2 is 1.55 bits per heavy atom. The number of benzene rings is 2. The van der Waals surface area contributed by atoms with Crippen molar-refractivity contribution < 1.29 is 73.8 Å². The molecular formula is C29H32O15. The Balaban J connectivity index is 1.51. The number of phenolic OH excluding ortho intramolecular Hbond substituents is 2. The van der Waals surface area contributed by atoms with E-state index in [4.69, 9.17) is 23.7 Å². The third kappa shape index (κ3) is 5.52. The molecule has 238 valence electrons. The van der Waals surface area contributed by atoms with Crippen molar-refractivity contribution in [3.8, 4) is 17.2 Å². The van der Waals surface area contributed by atoms with E-state index in [1.807, 2.05) is 0 Å². The molecule has 0 aromatic heterocycles. The molecule has 44 heavy (non-hydrogen) atoms. The van der Waals surface area contributed by atoms with Crippen molar-refractivity contribution in [3.05, 3.63) is 52.1 Å². The van der Waals surface area contributed by atoms with Crippen LogP contribution in [0.5, 0.6) is 17.2 Å². The van der Waals surface area contributed by atoms with Crippen LogP contribution in [-0.4, -0.2) is 121 Å². The van der Waals surface area contributed by atoms with Crippen molar-refractivity contribution in [1.82, 2.24) is 0 Å². The minimum Gasteiger partial charge on any atom is -0.508 e. The summed E-state index contributed by atoms with van der Waals surface area (Å²) in [6.07, 6.45) is -16.0. The lowest BCUT2D eigenvalue weighted by Gasteiger charge is -2.45. The molecule has 0 unspecified atom stereocenters. The number of hydrogen-bond acceptors (Lipinski definition) is 15. The minimum absolute atomic E-state index is 0.0206. The van der Waals surface area contributed by atoms with Gasteiger partial charge in [-0.15, -0.1) is 0 Å². The third-order valence-corrected chi connectivity index (χ3v) is 7.91. The van der Waals surface area contributed by atoms with Gasteiger partial charge in [-0.2, -0.15) is 0 Å². The van der Waals surface area contributed by atoms with E-state index in [1.54, 1.807) is 0 Å². The maximum Gasteiger partial charge on any atom is 0.302 e. The van der Waals surface area contributed by atoms with Gasteiger partial charge in [-0.1, -0.05) is 0 Å². The third-order valence-electron chi connectivity index (χ3n) is 7.91. The topological polar surface area (TPSA) is 239 Å². The number of aliphatic hydroxyl groups excluding tert-OH is 5. The lowest BCUT2D eigenvalue weighted by Crippen LogP contribution is -2.64.